The molecule has 0 bridgehead atoms. The van der Waals surface area contributed by atoms with Crippen LogP contribution in [0.3, 0.4) is 0 Å². The lowest BCUT2D eigenvalue weighted by atomic mass is 10.2. The minimum absolute atomic E-state index is 0.220. The molecule has 0 unspecified atom stereocenters. The Morgan fingerprint density at radius 2 is 2.31 bits per heavy atom. The summed E-state index contributed by atoms with van der Waals surface area (Å²) < 4.78 is 5.43. The molecule has 1 N–H and O–H groups in total. The van der Waals surface area contributed by atoms with Gasteiger partial charge in [-0.2, -0.15) is 0 Å². The van der Waals surface area contributed by atoms with Crippen LogP contribution < -0.4 is 5.32 Å². The highest BCUT2D eigenvalue weighted by molar-refractivity contribution is 5.76. The first-order chi connectivity index (χ1) is 7.61. The number of hydrogen-bond donors (Lipinski definition) is 1. The molecule has 1 rings (SSSR count). The standard InChI is InChI=1S/C12H24N2O2/c1-10(2)9-16-7-4-12(15)14-6-5-13-8-11(14)3/h10-11,13H,4-9H2,1-3H3/t11-/m1/s1. The van der Waals surface area contributed by atoms with Crippen LogP contribution in [0.1, 0.15) is 27.2 Å². The summed E-state index contributed by atoms with van der Waals surface area (Å²) >= 11 is 0. The van der Waals surface area contributed by atoms with Gasteiger partial charge < -0.3 is 15.0 Å². The van der Waals surface area contributed by atoms with Crippen LogP contribution in [0, 0.1) is 5.92 Å². The molecule has 4 heteroatoms. The summed E-state index contributed by atoms with van der Waals surface area (Å²) in [5.74, 6) is 0.756. The van der Waals surface area contributed by atoms with E-state index in [0.717, 1.165) is 26.2 Å². The van der Waals surface area contributed by atoms with Crippen molar-refractivity contribution in [3.05, 3.63) is 0 Å². The maximum atomic E-state index is 11.9. The minimum Gasteiger partial charge on any atom is -0.381 e. The van der Waals surface area contributed by atoms with Gasteiger partial charge in [0, 0.05) is 32.3 Å². The van der Waals surface area contributed by atoms with Crippen molar-refractivity contribution in [1.82, 2.24) is 10.2 Å². The summed E-state index contributed by atoms with van der Waals surface area (Å²) in [4.78, 5) is 13.8. The lowest BCUT2D eigenvalue weighted by molar-refractivity contribution is -0.135. The summed E-state index contributed by atoms with van der Waals surface area (Å²) in [6.45, 7) is 10.2. The molecule has 1 aliphatic heterocycles. The molecule has 1 heterocycles. The van der Waals surface area contributed by atoms with E-state index in [1.54, 1.807) is 0 Å². The number of amides is 1. The Kier molecular flexibility index (Phi) is 5.77. The van der Waals surface area contributed by atoms with Crippen LogP contribution >= 0.6 is 0 Å². The highest BCUT2D eigenvalue weighted by atomic mass is 16.5. The number of carbonyl (C=O) groups is 1. The molecular formula is C12H24N2O2. The van der Waals surface area contributed by atoms with E-state index in [2.05, 4.69) is 26.1 Å². The molecule has 1 fully saturated rings. The monoisotopic (exact) mass is 228 g/mol. The molecule has 0 saturated carbocycles. The van der Waals surface area contributed by atoms with Crippen molar-refractivity contribution in [3.8, 4) is 0 Å². The second-order valence-corrected chi connectivity index (χ2v) is 4.86. The van der Waals surface area contributed by atoms with Gasteiger partial charge in [0.2, 0.25) is 5.91 Å². The topological polar surface area (TPSA) is 41.6 Å². The molecule has 0 aliphatic carbocycles. The van der Waals surface area contributed by atoms with Crippen LogP contribution in [0.2, 0.25) is 0 Å². The van der Waals surface area contributed by atoms with Crippen LogP contribution in [0.4, 0.5) is 0 Å². The highest BCUT2D eigenvalue weighted by Gasteiger charge is 2.22. The van der Waals surface area contributed by atoms with Crippen molar-refractivity contribution < 1.29 is 9.53 Å². The molecule has 1 amide bonds. The van der Waals surface area contributed by atoms with E-state index in [4.69, 9.17) is 4.74 Å². The average Bonchev–Trinajstić information content (AvgIpc) is 2.24. The second kappa shape index (κ2) is 6.86. The number of hydrogen-bond acceptors (Lipinski definition) is 3. The van der Waals surface area contributed by atoms with E-state index < -0.39 is 0 Å². The number of rotatable bonds is 5. The maximum Gasteiger partial charge on any atom is 0.225 e. The van der Waals surface area contributed by atoms with Crippen molar-refractivity contribution in [3.63, 3.8) is 0 Å². The third-order valence-corrected chi connectivity index (χ3v) is 2.73. The van der Waals surface area contributed by atoms with Gasteiger partial charge in [-0.25, -0.2) is 0 Å². The zero-order valence-electron chi connectivity index (χ0n) is 10.7. The molecule has 0 radical (unpaired) electrons. The Balaban J connectivity index is 2.18. The first-order valence-corrected chi connectivity index (χ1v) is 6.19. The quantitative estimate of drug-likeness (QED) is 0.710. The van der Waals surface area contributed by atoms with Gasteiger partial charge in [0.1, 0.15) is 0 Å². The average molecular weight is 228 g/mol. The van der Waals surface area contributed by atoms with E-state index in [1.165, 1.54) is 0 Å². The summed E-state index contributed by atoms with van der Waals surface area (Å²) in [5.41, 5.74) is 0. The van der Waals surface area contributed by atoms with Gasteiger partial charge in [-0.05, 0) is 12.8 Å². The Hall–Kier alpha value is -0.610. The van der Waals surface area contributed by atoms with Crippen molar-refractivity contribution in [1.29, 1.82) is 0 Å². The Labute approximate surface area is 98.3 Å². The molecular weight excluding hydrogens is 204 g/mol. The van der Waals surface area contributed by atoms with Gasteiger partial charge in [-0.15, -0.1) is 0 Å². The third kappa shape index (κ3) is 4.49. The van der Waals surface area contributed by atoms with E-state index in [9.17, 15) is 4.79 Å². The number of carbonyl (C=O) groups excluding carboxylic acids is 1. The number of piperazine rings is 1. The maximum absolute atomic E-state index is 11.9. The molecule has 16 heavy (non-hydrogen) atoms. The van der Waals surface area contributed by atoms with Crippen molar-refractivity contribution in [2.45, 2.75) is 33.2 Å². The normalized spacial score (nSPS) is 21.5. The SMILES string of the molecule is CC(C)COCCC(=O)N1CCNC[C@H]1C. The molecule has 0 aromatic carbocycles. The lowest BCUT2D eigenvalue weighted by Gasteiger charge is -2.34. The summed E-state index contributed by atoms with van der Waals surface area (Å²) in [6.07, 6.45) is 0.511. The fraction of sp³-hybridized carbons (Fsp3) is 0.917. The number of nitrogens with one attached hydrogen (secondary N) is 1. The van der Waals surface area contributed by atoms with Gasteiger partial charge in [0.25, 0.3) is 0 Å². The third-order valence-electron chi connectivity index (χ3n) is 2.73. The van der Waals surface area contributed by atoms with E-state index in [0.29, 0.717) is 25.0 Å². The Morgan fingerprint density at radius 3 is 2.94 bits per heavy atom. The zero-order chi connectivity index (χ0) is 12.0. The fourth-order valence-corrected chi connectivity index (χ4v) is 1.83. The molecule has 4 nitrogen and oxygen atoms in total. The van der Waals surface area contributed by atoms with Crippen LogP contribution in [0.25, 0.3) is 0 Å². The Bertz CT molecular complexity index is 219. The van der Waals surface area contributed by atoms with Crippen LogP contribution in [0.15, 0.2) is 0 Å². The van der Waals surface area contributed by atoms with Crippen LogP contribution in [0.5, 0.6) is 0 Å². The summed E-state index contributed by atoms with van der Waals surface area (Å²) in [6, 6.07) is 0.311. The summed E-state index contributed by atoms with van der Waals surface area (Å²) in [7, 11) is 0. The molecule has 94 valence electrons. The molecule has 1 atom stereocenters. The first-order valence-electron chi connectivity index (χ1n) is 6.19. The Morgan fingerprint density at radius 1 is 1.56 bits per heavy atom. The van der Waals surface area contributed by atoms with Gasteiger partial charge >= 0.3 is 0 Å². The van der Waals surface area contributed by atoms with E-state index in [1.807, 2.05) is 4.90 Å². The second-order valence-electron chi connectivity index (χ2n) is 4.86. The smallest absolute Gasteiger partial charge is 0.225 e. The number of nitrogens with zero attached hydrogens (tertiary/aromatic N) is 1. The van der Waals surface area contributed by atoms with Crippen LogP contribution in [-0.2, 0) is 9.53 Å². The van der Waals surface area contributed by atoms with Gasteiger partial charge in [0.05, 0.1) is 13.0 Å². The largest absolute Gasteiger partial charge is 0.381 e. The van der Waals surface area contributed by atoms with Gasteiger partial charge in [-0.3, -0.25) is 4.79 Å². The molecule has 0 aromatic rings. The fourth-order valence-electron chi connectivity index (χ4n) is 1.83. The lowest BCUT2D eigenvalue weighted by Crippen LogP contribution is -2.52. The van der Waals surface area contributed by atoms with E-state index in [-0.39, 0.29) is 5.91 Å². The van der Waals surface area contributed by atoms with Gasteiger partial charge in [0.15, 0.2) is 0 Å². The predicted molar refractivity (Wildman–Crippen MR) is 64.3 cm³/mol. The molecule has 1 saturated heterocycles. The first kappa shape index (κ1) is 13.5. The van der Waals surface area contributed by atoms with Crippen molar-refractivity contribution in [2.75, 3.05) is 32.8 Å². The van der Waals surface area contributed by atoms with Gasteiger partial charge in [-0.1, -0.05) is 13.8 Å². The van der Waals surface area contributed by atoms with Crippen molar-refractivity contribution >= 4 is 5.91 Å². The molecule has 0 aromatic heterocycles. The minimum atomic E-state index is 0.220. The van der Waals surface area contributed by atoms with Crippen LogP contribution in [-0.4, -0.2) is 49.7 Å². The zero-order valence-corrected chi connectivity index (χ0v) is 10.7. The molecule has 1 aliphatic rings. The predicted octanol–water partition coefficient (Wildman–Crippen LogP) is 0.869. The molecule has 0 spiro atoms. The highest BCUT2D eigenvalue weighted by Crippen LogP contribution is 2.05. The van der Waals surface area contributed by atoms with Crippen molar-refractivity contribution in [2.24, 2.45) is 5.92 Å². The number of ether oxygens (including phenoxy) is 1. The summed E-state index contributed by atoms with van der Waals surface area (Å²) in [5, 5.41) is 3.28. The van der Waals surface area contributed by atoms with E-state index >= 15 is 0 Å².